The molecule has 2 N–H and O–H groups in total. The number of hydrogen-bond donors (Lipinski definition) is 2. The van der Waals surface area contributed by atoms with E-state index in [4.69, 9.17) is 16.0 Å². The summed E-state index contributed by atoms with van der Waals surface area (Å²) in [7, 11) is -3.76. The SMILES string of the molecule is C[C@H](NS(=O)(=O)c1ccc(Cl)s1)C(=O)NCc1ccco1. The zero-order valence-corrected chi connectivity index (χ0v) is 13.4. The number of amides is 1. The van der Waals surface area contributed by atoms with Crippen molar-refractivity contribution in [2.24, 2.45) is 0 Å². The van der Waals surface area contributed by atoms with E-state index in [0.29, 0.717) is 10.1 Å². The first-order valence-corrected chi connectivity index (χ1v) is 8.64. The van der Waals surface area contributed by atoms with Crippen molar-refractivity contribution in [3.05, 3.63) is 40.6 Å². The highest BCUT2D eigenvalue weighted by atomic mass is 35.5. The Morgan fingerprint density at radius 3 is 2.76 bits per heavy atom. The molecule has 1 amide bonds. The molecule has 21 heavy (non-hydrogen) atoms. The van der Waals surface area contributed by atoms with Gasteiger partial charge in [-0.1, -0.05) is 11.6 Å². The first-order valence-electron chi connectivity index (χ1n) is 5.96. The normalized spacial score (nSPS) is 13.0. The Morgan fingerprint density at radius 1 is 1.43 bits per heavy atom. The van der Waals surface area contributed by atoms with Crippen LogP contribution < -0.4 is 10.0 Å². The van der Waals surface area contributed by atoms with Gasteiger partial charge < -0.3 is 9.73 Å². The molecule has 2 aromatic rings. The van der Waals surface area contributed by atoms with Crippen molar-refractivity contribution in [2.75, 3.05) is 0 Å². The Morgan fingerprint density at radius 2 is 2.19 bits per heavy atom. The van der Waals surface area contributed by atoms with Gasteiger partial charge in [-0.2, -0.15) is 4.72 Å². The van der Waals surface area contributed by atoms with Crippen molar-refractivity contribution in [1.29, 1.82) is 0 Å². The maximum atomic E-state index is 12.0. The number of sulfonamides is 1. The fourth-order valence-electron chi connectivity index (χ4n) is 1.53. The van der Waals surface area contributed by atoms with E-state index >= 15 is 0 Å². The fourth-order valence-corrected chi connectivity index (χ4v) is 4.23. The summed E-state index contributed by atoms with van der Waals surface area (Å²) in [4.78, 5) is 11.9. The average Bonchev–Trinajstić information content (AvgIpc) is 3.06. The van der Waals surface area contributed by atoms with E-state index in [1.54, 1.807) is 12.1 Å². The molecule has 0 aliphatic heterocycles. The summed E-state index contributed by atoms with van der Waals surface area (Å²) in [6, 6.07) is 5.38. The second kappa shape index (κ2) is 6.61. The molecule has 2 heterocycles. The maximum absolute atomic E-state index is 12.0. The van der Waals surface area contributed by atoms with Crippen LogP contribution in [0.5, 0.6) is 0 Å². The van der Waals surface area contributed by atoms with Gasteiger partial charge in [-0.05, 0) is 31.2 Å². The summed E-state index contributed by atoms with van der Waals surface area (Å²) in [6.07, 6.45) is 1.49. The molecule has 114 valence electrons. The van der Waals surface area contributed by atoms with Crippen LogP contribution in [0, 0.1) is 0 Å². The molecular weight excluding hydrogens is 336 g/mol. The molecule has 9 heteroatoms. The number of hydrogen-bond acceptors (Lipinski definition) is 5. The Balaban J connectivity index is 1.93. The Bertz CT molecular complexity index is 709. The minimum Gasteiger partial charge on any atom is -0.467 e. The van der Waals surface area contributed by atoms with Crippen molar-refractivity contribution in [3.63, 3.8) is 0 Å². The molecule has 0 fully saturated rings. The van der Waals surface area contributed by atoms with Crippen LogP contribution in [-0.2, 0) is 21.4 Å². The van der Waals surface area contributed by atoms with E-state index < -0.39 is 22.0 Å². The highest BCUT2D eigenvalue weighted by Gasteiger charge is 2.23. The topological polar surface area (TPSA) is 88.4 Å². The minimum absolute atomic E-state index is 0.0678. The summed E-state index contributed by atoms with van der Waals surface area (Å²) < 4.78 is 31.9. The molecule has 0 radical (unpaired) electrons. The van der Waals surface area contributed by atoms with Crippen molar-refractivity contribution in [2.45, 2.75) is 23.7 Å². The Kier molecular flexibility index (Phi) is 5.04. The molecule has 6 nitrogen and oxygen atoms in total. The van der Waals surface area contributed by atoms with Gasteiger partial charge in [0, 0.05) is 0 Å². The van der Waals surface area contributed by atoms with E-state index in [1.165, 1.54) is 25.3 Å². The number of nitrogens with one attached hydrogen (secondary N) is 2. The van der Waals surface area contributed by atoms with Crippen molar-refractivity contribution in [3.8, 4) is 0 Å². The van der Waals surface area contributed by atoms with Crippen molar-refractivity contribution < 1.29 is 17.6 Å². The van der Waals surface area contributed by atoms with Crippen LogP contribution >= 0.6 is 22.9 Å². The number of carbonyl (C=O) groups is 1. The second-order valence-corrected chi connectivity index (χ2v) is 7.85. The van der Waals surface area contributed by atoms with E-state index in [9.17, 15) is 13.2 Å². The van der Waals surface area contributed by atoms with Gasteiger partial charge in [-0.3, -0.25) is 4.79 Å². The largest absolute Gasteiger partial charge is 0.467 e. The van der Waals surface area contributed by atoms with Crippen LogP contribution in [0.4, 0.5) is 0 Å². The van der Waals surface area contributed by atoms with Crippen LogP contribution in [0.3, 0.4) is 0 Å². The molecule has 0 unspecified atom stereocenters. The minimum atomic E-state index is -3.76. The third-order valence-electron chi connectivity index (χ3n) is 2.56. The molecule has 2 rings (SSSR count). The third-order valence-corrected chi connectivity index (χ3v) is 5.82. The van der Waals surface area contributed by atoms with Gasteiger partial charge in [-0.25, -0.2) is 8.42 Å². The van der Waals surface area contributed by atoms with Gasteiger partial charge >= 0.3 is 0 Å². The van der Waals surface area contributed by atoms with Gasteiger partial charge in [0.15, 0.2) is 0 Å². The van der Waals surface area contributed by atoms with Gasteiger partial charge in [0.1, 0.15) is 9.97 Å². The molecule has 0 bridgehead atoms. The van der Waals surface area contributed by atoms with Crippen molar-refractivity contribution in [1.82, 2.24) is 10.0 Å². The molecule has 0 aliphatic rings. The number of rotatable bonds is 6. The van der Waals surface area contributed by atoms with Gasteiger partial charge in [0.25, 0.3) is 10.0 Å². The molecule has 0 aromatic carbocycles. The molecule has 1 atom stereocenters. The van der Waals surface area contributed by atoms with Crippen LogP contribution in [0.15, 0.2) is 39.2 Å². The fraction of sp³-hybridized carbons (Fsp3) is 0.250. The number of furan rings is 1. The molecule has 2 aromatic heterocycles. The average molecular weight is 349 g/mol. The van der Waals surface area contributed by atoms with Gasteiger partial charge in [-0.15, -0.1) is 11.3 Å². The van der Waals surface area contributed by atoms with Gasteiger partial charge in [0.05, 0.1) is 23.2 Å². The van der Waals surface area contributed by atoms with E-state index in [0.717, 1.165) is 11.3 Å². The van der Waals surface area contributed by atoms with Crippen LogP contribution in [0.25, 0.3) is 0 Å². The highest BCUT2D eigenvalue weighted by molar-refractivity contribution is 7.91. The van der Waals surface area contributed by atoms with Crippen molar-refractivity contribution >= 4 is 38.9 Å². The van der Waals surface area contributed by atoms with E-state index in [1.807, 2.05) is 0 Å². The van der Waals surface area contributed by atoms with E-state index in [2.05, 4.69) is 10.0 Å². The van der Waals surface area contributed by atoms with Crippen LogP contribution in [0.1, 0.15) is 12.7 Å². The smallest absolute Gasteiger partial charge is 0.250 e. The lowest BCUT2D eigenvalue weighted by Gasteiger charge is -2.13. The number of carbonyl (C=O) groups excluding carboxylic acids is 1. The third kappa shape index (κ3) is 4.31. The summed E-state index contributed by atoms with van der Waals surface area (Å²) in [5.74, 6) is 0.140. The lowest BCUT2D eigenvalue weighted by Crippen LogP contribution is -2.44. The quantitative estimate of drug-likeness (QED) is 0.835. The monoisotopic (exact) mass is 348 g/mol. The zero-order chi connectivity index (χ0) is 15.5. The summed E-state index contributed by atoms with van der Waals surface area (Å²) in [5, 5.41) is 2.58. The molecule has 0 saturated heterocycles. The molecule has 0 spiro atoms. The lowest BCUT2D eigenvalue weighted by molar-refractivity contribution is -0.122. The number of halogens is 1. The van der Waals surface area contributed by atoms with E-state index in [-0.39, 0.29) is 10.8 Å². The van der Waals surface area contributed by atoms with Gasteiger partial charge in [0.2, 0.25) is 5.91 Å². The van der Waals surface area contributed by atoms with Crippen LogP contribution in [0.2, 0.25) is 4.34 Å². The second-order valence-electron chi connectivity index (χ2n) is 4.20. The van der Waals surface area contributed by atoms with Crippen LogP contribution in [-0.4, -0.2) is 20.4 Å². The molecule has 0 aliphatic carbocycles. The first-order chi connectivity index (χ1) is 9.88. The highest BCUT2D eigenvalue weighted by Crippen LogP contribution is 2.25. The zero-order valence-electron chi connectivity index (χ0n) is 11.0. The standard InChI is InChI=1S/C12H13ClN2O4S2/c1-8(12(16)14-7-9-3-2-6-19-9)15-21(17,18)11-5-4-10(13)20-11/h2-6,8,15H,7H2,1H3,(H,14,16)/t8-/m0/s1. The molecular formula is C12H13ClN2O4S2. The first kappa shape index (κ1) is 16.0. The lowest BCUT2D eigenvalue weighted by atomic mass is 10.3. The predicted octanol–water partition coefficient (Wildman–Crippen LogP) is 1.98. The maximum Gasteiger partial charge on any atom is 0.250 e. The molecule has 0 saturated carbocycles. The summed E-state index contributed by atoms with van der Waals surface area (Å²) in [6.45, 7) is 1.66. The predicted molar refractivity (Wildman–Crippen MR) is 79.7 cm³/mol. The Hall–Kier alpha value is -1.35. The summed E-state index contributed by atoms with van der Waals surface area (Å²) in [5.41, 5.74) is 0. The number of thiophene rings is 1. The Labute approximate surface area is 131 Å². The summed E-state index contributed by atoms with van der Waals surface area (Å²) >= 11 is 6.64.